The van der Waals surface area contributed by atoms with Crippen molar-refractivity contribution in [1.82, 2.24) is 4.90 Å². The minimum atomic E-state index is -0.748. The van der Waals surface area contributed by atoms with Gasteiger partial charge in [-0.1, -0.05) is 12.1 Å². The van der Waals surface area contributed by atoms with Crippen LogP contribution in [-0.2, 0) is 4.79 Å². The van der Waals surface area contributed by atoms with Gasteiger partial charge in [0.15, 0.2) is 23.0 Å². The number of carboxylic acid groups (broad SMARTS) is 1. The van der Waals surface area contributed by atoms with Gasteiger partial charge in [-0.2, -0.15) is 0 Å². The lowest BCUT2D eigenvalue weighted by molar-refractivity contribution is -0.143. The first-order chi connectivity index (χ1) is 15.5. The number of hydrogen-bond acceptors (Lipinski definition) is 6. The van der Waals surface area contributed by atoms with Gasteiger partial charge in [0.05, 0.1) is 39.4 Å². The van der Waals surface area contributed by atoms with Crippen molar-refractivity contribution in [2.45, 2.75) is 32.7 Å². The van der Waals surface area contributed by atoms with Crippen molar-refractivity contribution >= 4 is 5.97 Å². The highest BCUT2D eigenvalue weighted by atomic mass is 16.5. The Hall–Kier alpha value is -2.93. The van der Waals surface area contributed by atoms with Gasteiger partial charge in [0.2, 0.25) is 0 Å². The van der Waals surface area contributed by atoms with Crippen LogP contribution in [0.5, 0.6) is 23.0 Å². The van der Waals surface area contributed by atoms with Gasteiger partial charge in [-0.3, -0.25) is 9.69 Å². The zero-order chi connectivity index (χ0) is 23.1. The van der Waals surface area contributed by atoms with Crippen LogP contribution in [0.1, 0.15) is 43.9 Å². The Morgan fingerprint density at radius 3 is 2.16 bits per heavy atom. The number of ether oxygens (including phenoxy) is 4. The van der Waals surface area contributed by atoms with Crippen molar-refractivity contribution in [3.05, 3.63) is 47.5 Å². The molecular weight excluding hydrogens is 410 g/mol. The van der Waals surface area contributed by atoms with Crippen molar-refractivity contribution < 1.29 is 28.8 Å². The molecule has 0 bridgehead atoms. The summed E-state index contributed by atoms with van der Waals surface area (Å²) in [6, 6.07) is 11.7. The fourth-order valence-electron chi connectivity index (χ4n) is 4.32. The summed E-state index contributed by atoms with van der Waals surface area (Å²) in [5.41, 5.74) is 2.01. The summed E-state index contributed by atoms with van der Waals surface area (Å²) in [6.07, 6.45) is 1.52. The summed E-state index contributed by atoms with van der Waals surface area (Å²) in [5, 5.41) is 9.64. The molecule has 2 aromatic carbocycles. The molecule has 0 radical (unpaired) electrons. The lowest BCUT2D eigenvalue weighted by atomic mass is 9.91. The monoisotopic (exact) mass is 443 g/mol. The molecular formula is C25H33NO6. The molecule has 1 fully saturated rings. The minimum Gasteiger partial charge on any atom is -0.493 e. The normalized spacial score (nSPS) is 17.4. The third kappa shape index (κ3) is 5.27. The number of rotatable bonds is 10. The molecule has 174 valence electrons. The average Bonchev–Trinajstić information content (AvgIpc) is 2.81. The molecule has 2 aromatic rings. The standard InChI is InChI=1S/C25H33NO6/c1-5-31-21-12-10-18(15-23(21)32-6-2)24(26-13-7-8-19(16-26)25(27)28)17-9-11-20(29-3)22(14-17)30-4/h9-12,14-15,19,24H,5-8,13,16H2,1-4H3,(H,27,28). The van der Waals surface area contributed by atoms with E-state index in [1.54, 1.807) is 14.2 Å². The van der Waals surface area contributed by atoms with Gasteiger partial charge in [0.25, 0.3) is 0 Å². The molecule has 1 saturated heterocycles. The smallest absolute Gasteiger partial charge is 0.307 e. The van der Waals surface area contributed by atoms with Crippen LogP contribution in [0, 0.1) is 5.92 Å². The first-order valence-electron chi connectivity index (χ1n) is 11.1. The molecule has 1 N–H and O–H groups in total. The number of carbonyl (C=O) groups is 1. The van der Waals surface area contributed by atoms with Gasteiger partial charge in [0, 0.05) is 6.54 Å². The van der Waals surface area contributed by atoms with E-state index in [4.69, 9.17) is 18.9 Å². The minimum absolute atomic E-state index is 0.160. The van der Waals surface area contributed by atoms with Crippen LogP contribution < -0.4 is 18.9 Å². The number of piperidine rings is 1. The van der Waals surface area contributed by atoms with E-state index < -0.39 is 5.97 Å². The molecule has 0 aliphatic carbocycles. The zero-order valence-electron chi connectivity index (χ0n) is 19.3. The van der Waals surface area contributed by atoms with Crippen LogP contribution >= 0.6 is 0 Å². The van der Waals surface area contributed by atoms with Crippen molar-refractivity contribution in [3.63, 3.8) is 0 Å². The fraction of sp³-hybridized carbons (Fsp3) is 0.480. The summed E-state index contributed by atoms with van der Waals surface area (Å²) < 4.78 is 22.6. The van der Waals surface area contributed by atoms with E-state index in [2.05, 4.69) is 4.90 Å². The van der Waals surface area contributed by atoms with Crippen molar-refractivity contribution in [3.8, 4) is 23.0 Å². The summed E-state index contributed by atoms with van der Waals surface area (Å²) in [7, 11) is 3.22. The summed E-state index contributed by atoms with van der Waals surface area (Å²) in [5.74, 6) is 1.54. The van der Waals surface area contributed by atoms with E-state index in [1.807, 2.05) is 50.2 Å². The van der Waals surface area contributed by atoms with E-state index in [0.717, 1.165) is 24.1 Å². The Bertz CT molecular complexity index is 915. The quantitative estimate of drug-likeness (QED) is 0.584. The van der Waals surface area contributed by atoms with Gasteiger partial charge >= 0.3 is 5.97 Å². The predicted octanol–water partition coefficient (Wildman–Crippen LogP) is 4.39. The molecule has 2 atom stereocenters. The maximum atomic E-state index is 11.7. The summed E-state index contributed by atoms with van der Waals surface area (Å²) in [6.45, 7) is 6.23. The van der Waals surface area contributed by atoms with Gasteiger partial charge < -0.3 is 24.1 Å². The molecule has 0 aromatic heterocycles. The average molecular weight is 444 g/mol. The molecule has 2 unspecified atom stereocenters. The van der Waals surface area contributed by atoms with E-state index in [9.17, 15) is 9.90 Å². The molecule has 0 spiro atoms. The number of methoxy groups -OCH3 is 2. The van der Waals surface area contributed by atoms with E-state index in [-0.39, 0.29) is 12.0 Å². The number of nitrogens with zero attached hydrogens (tertiary/aromatic N) is 1. The first-order valence-corrected chi connectivity index (χ1v) is 11.1. The maximum Gasteiger partial charge on any atom is 0.307 e. The molecule has 3 rings (SSSR count). The maximum absolute atomic E-state index is 11.7. The summed E-state index contributed by atoms with van der Waals surface area (Å²) in [4.78, 5) is 14.0. The van der Waals surface area contributed by atoms with Crippen LogP contribution in [0.2, 0.25) is 0 Å². The van der Waals surface area contributed by atoms with E-state index >= 15 is 0 Å². The molecule has 1 heterocycles. The Morgan fingerprint density at radius 1 is 0.969 bits per heavy atom. The Kier molecular flexibility index (Phi) is 8.22. The third-order valence-electron chi connectivity index (χ3n) is 5.77. The molecule has 0 saturated carbocycles. The van der Waals surface area contributed by atoms with Crippen LogP contribution in [0.15, 0.2) is 36.4 Å². The van der Waals surface area contributed by atoms with Crippen molar-refractivity contribution in [2.75, 3.05) is 40.5 Å². The topological polar surface area (TPSA) is 77.5 Å². The molecule has 7 heteroatoms. The lowest BCUT2D eigenvalue weighted by Gasteiger charge is -2.38. The van der Waals surface area contributed by atoms with Crippen LogP contribution in [0.4, 0.5) is 0 Å². The third-order valence-corrected chi connectivity index (χ3v) is 5.77. The molecule has 0 amide bonds. The number of aliphatic carboxylic acids is 1. The molecule has 7 nitrogen and oxygen atoms in total. The first kappa shape index (κ1) is 23.7. The second kappa shape index (κ2) is 11.1. The van der Waals surface area contributed by atoms with Gasteiger partial charge in [-0.05, 0) is 68.6 Å². The largest absolute Gasteiger partial charge is 0.493 e. The van der Waals surface area contributed by atoms with Gasteiger partial charge in [-0.15, -0.1) is 0 Å². The van der Waals surface area contributed by atoms with E-state index in [0.29, 0.717) is 49.2 Å². The van der Waals surface area contributed by atoms with Crippen molar-refractivity contribution in [1.29, 1.82) is 0 Å². The van der Waals surface area contributed by atoms with Crippen LogP contribution in [-0.4, -0.2) is 56.5 Å². The molecule has 1 aliphatic heterocycles. The SMILES string of the molecule is CCOc1ccc(C(c2ccc(OC)c(OC)c2)N2CCCC(C(=O)O)C2)cc1OCC. The second-order valence-corrected chi connectivity index (χ2v) is 7.76. The number of likely N-dealkylation sites (tertiary alicyclic amines) is 1. The predicted molar refractivity (Wildman–Crippen MR) is 122 cm³/mol. The highest BCUT2D eigenvalue weighted by Gasteiger charge is 2.32. The van der Waals surface area contributed by atoms with E-state index in [1.165, 1.54) is 0 Å². The van der Waals surface area contributed by atoms with Crippen molar-refractivity contribution in [2.24, 2.45) is 5.92 Å². The number of benzene rings is 2. The van der Waals surface area contributed by atoms with Gasteiger partial charge in [-0.25, -0.2) is 0 Å². The lowest BCUT2D eigenvalue weighted by Crippen LogP contribution is -2.41. The Balaban J connectivity index is 2.08. The molecule has 1 aliphatic rings. The fourth-order valence-corrected chi connectivity index (χ4v) is 4.32. The number of hydrogen-bond donors (Lipinski definition) is 1. The summed E-state index contributed by atoms with van der Waals surface area (Å²) >= 11 is 0. The van der Waals surface area contributed by atoms with Gasteiger partial charge in [0.1, 0.15) is 0 Å². The highest BCUT2D eigenvalue weighted by molar-refractivity contribution is 5.70. The highest BCUT2D eigenvalue weighted by Crippen LogP contribution is 2.40. The van der Waals surface area contributed by atoms with Crippen LogP contribution in [0.3, 0.4) is 0 Å². The molecule has 32 heavy (non-hydrogen) atoms. The number of carboxylic acids is 1. The Morgan fingerprint density at radius 2 is 1.56 bits per heavy atom. The van der Waals surface area contributed by atoms with Crippen LogP contribution in [0.25, 0.3) is 0 Å². The zero-order valence-corrected chi connectivity index (χ0v) is 19.3. The second-order valence-electron chi connectivity index (χ2n) is 7.76. The Labute approximate surface area is 189 Å².